The second-order valence-electron chi connectivity index (χ2n) is 7.53. The van der Waals surface area contributed by atoms with Gasteiger partial charge in [-0.25, -0.2) is 0 Å². The molecule has 0 unspecified atom stereocenters. The minimum atomic E-state index is -3.52. The van der Waals surface area contributed by atoms with E-state index in [9.17, 15) is 13.2 Å². The summed E-state index contributed by atoms with van der Waals surface area (Å²) in [7, 11) is 1.33. The van der Waals surface area contributed by atoms with Gasteiger partial charge in [-0.1, -0.05) is 30.3 Å². The maximum atomic E-state index is 13.0. The van der Waals surface area contributed by atoms with Crippen LogP contribution in [0.5, 0.6) is 0 Å². The van der Waals surface area contributed by atoms with Crippen LogP contribution >= 0.6 is 0 Å². The van der Waals surface area contributed by atoms with Gasteiger partial charge in [0.25, 0.3) is 10.2 Å². The summed E-state index contributed by atoms with van der Waals surface area (Å²) in [4.78, 5) is 13.0. The van der Waals surface area contributed by atoms with Crippen LogP contribution in [0.3, 0.4) is 0 Å². The van der Waals surface area contributed by atoms with E-state index in [0.29, 0.717) is 19.4 Å². The number of carbonyl (C=O) groups excluding carboxylic acids is 1. The Bertz CT molecular complexity index is 918. The fraction of sp³-hybridized carbons (Fsp3) is 0.474. The molecule has 0 radical (unpaired) electrons. The van der Waals surface area contributed by atoms with Crippen molar-refractivity contribution in [1.82, 2.24) is 23.7 Å². The molecule has 2 aromatic rings. The number of rotatable bonds is 8. The van der Waals surface area contributed by atoms with Gasteiger partial charge in [-0.05, 0) is 24.0 Å². The summed E-state index contributed by atoms with van der Waals surface area (Å²) in [6.45, 7) is 0.851. The number of nitrogens with zero attached hydrogens (tertiary/aromatic N) is 4. The minimum Gasteiger partial charge on any atom is -0.355 e. The summed E-state index contributed by atoms with van der Waals surface area (Å²) < 4.78 is 29.0. The molecule has 1 aromatic carbocycles. The van der Waals surface area contributed by atoms with Crippen molar-refractivity contribution in [3.63, 3.8) is 0 Å². The first-order valence-electron chi connectivity index (χ1n) is 9.20. The van der Waals surface area contributed by atoms with Gasteiger partial charge in [0.15, 0.2) is 0 Å². The molecule has 0 spiro atoms. The molecular formula is C19H27N5O3S. The number of benzene rings is 1. The van der Waals surface area contributed by atoms with Crippen molar-refractivity contribution in [3.05, 3.63) is 53.9 Å². The van der Waals surface area contributed by atoms with Crippen LogP contribution in [0, 0.1) is 5.41 Å². The number of nitrogens with one attached hydrogen (secondary N) is 1. The SMILES string of the molecule is CN(C)S(=O)(=O)N1CC(Cc2ccccc2)(C(=O)NCCc2cnn(C)c2)C1. The van der Waals surface area contributed by atoms with Crippen molar-refractivity contribution in [1.29, 1.82) is 0 Å². The first-order chi connectivity index (χ1) is 13.2. The van der Waals surface area contributed by atoms with E-state index in [0.717, 1.165) is 11.1 Å². The highest BCUT2D eigenvalue weighted by Crippen LogP contribution is 2.37. The summed E-state index contributed by atoms with van der Waals surface area (Å²) in [6, 6.07) is 9.71. The fourth-order valence-corrected chi connectivity index (χ4v) is 4.74. The van der Waals surface area contributed by atoms with Gasteiger partial charge in [0.1, 0.15) is 0 Å². The van der Waals surface area contributed by atoms with Gasteiger partial charge in [0.05, 0.1) is 11.6 Å². The van der Waals surface area contributed by atoms with Crippen molar-refractivity contribution in [2.75, 3.05) is 33.7 Å². The first kappa shape index (κ1) is 20.5. The molecule has 1 aliphatic heterocycles. The lowest BCUT2D eigenvalue weighted by molar-refractivity contribution is -0.137. The Balaban J connectivity index is 1.69. The Morgan fingerprint density at radius 3 is 2.46 bits per heavy atom. The largest absolute Gasteiger partial charge is 0.355 e. The first-order valence-corrected chi connectivity index (χ1v) is 10.6. The summed E-state index contributed by atoms with van der Waals surface area (Å²) in [5, 5.41) is 7.12. The third kappa shape index (κ3) is 4.26. The van der Waals surface area contributed by atoms with Crippen molar-refractivity contribution in [3.8, 4) is 0 Å². The summed E-state index contributed by atoms with van der Waals surface area (Å²) in [5.41, 5.74) is 1.32. The second kappa shape index (κ2) is 8.02. The lowest BCUT2D eigenvalue weighted by Crippen LogP contribution is -2.66. The molecule has 1 N–H and O–H groups in total. The molecule has 1 fully saturated rings. The molecule has 0 saturated carbocycles. The van der Waals surface area contributed by atoms with Crippen molar-refractivity contribution < 1.29 is 13.2 Å². The van der Waals surface area contributed by atoms with Crippen LogP contribution in [0.2, 0.25) is 0 Å². The molecule has 28 heavy (non-hydrogen) atoms. The molecule has 1 saturated heterocycles. The molecule has 9 heteroatoms. The molecule has 2 heterocycles. The molecule has 8 nitrogen and oxygen atoms in total. The van der Waals surface area contributed by atoms with Crippen LogP contribution in [-0.4, -0.2) is 66.4 Å². The Hall–Kier alpha value is -2.23. The van der Waals surface area contributed by atoms with Gasteiger partial charge in [-0.2, -0.15) is 22.1 Å². The van der Waals surface area contributed by atoms with E-state index < -0.39 is 15.6 Å². The summed E-state index contributed by atoms with van der Waals surface area (Å²) in [6.07, 6.45) is 4.88. The monoisotopic (exact) mass is 405 g/mol. The third-order valence-corrected chi connectivity index (χ3v) is 6.90. The zero-order valence-electron chi connectivity index (χ0n) is 16.5. The normalized spacial score (nSPS) is 16.7. The smallest absolute Gasteiger partial charge is 0.281 e. The summed E-state index contributed by atoms with van der Waals surface area (Å²) >= 11 is 0. The fourth-order valence-electron chi connectivity index (χ4n) is 3.45. The van der Waals surface area contributed by atoms with E-state index in [1.807, 2.05) is 43.6 Å². The standard InChI is InChI=1S/C19H27N5O3S/c1-22(2)28(26,27)24-14-19(15-24,11-16-7-5-4-6-8-16)18(25)20-10-9-17-12-21-23(3)13-17/h4-8,12-13H,9-11,14-15H2,1-3H3,(H,20,25). The van der Waals surface area contributed by atoms with Crippen molar-refractivity contribution in [2.24, 2.45) is 12.5 Å². The van der Waals surface area contributed by atoms with Gasteiger partial charge >= 0.3 is 0 Å². The van der Waals surface area contributed by atoms with E-state index in [2.05, 4.69) is 10.4 Å². The maximum Gasteiger partial charge on any atom is 0.281 e. The zero-order valence-corrected chi connectivity index (χ0v) is 17.3. The highest BCUT2D eigenvalue weighted by molar-refractivity contribution is 7.86. The van der Waals surface area contributed by atoms with Crippen LogP contribution in [0.4, 0.5) is 0 Å². The molecule has 1 aliphatic rings. The average molecular weight is 406 g/mol. The van der Waals surface area contributed by atoms with E-state index in [4.69, 9.17) is 0 Å². The molecular weight excluding hydrogens is 378 g/mol. The van der Waals surface area contributed by atoms with Crippen molar-refractivity contribution in [2.45, 2.75) is 12.8 Å². The zero-order chi connectivity index (χ0) is 20.4. The van der Waals surface area contributed by atoms with E-state index >= 15 is 0 Å². The average Bonchev–Trinajstić information content (AvgIpc) is 3.03. The van der Waals surface area contributed by atoms with Crippen LogP contribution in [-0.2, 0) is 34.9 Å². The van der Waals surface area contributed by atoms with Gasteiger partial charge < -0.3 is 5.32 Å². The molecule has 3 rings (SSSR count). The Kier molecular flexibility index (Phi) is 5.87. The lowest BCUT2D eigenvalue weighted by atomic mass is 9.75. The lowest BCUT2D eigenvalue weighted by Gasteiger charge is -2.48. The quantitative estimate of drug-likeness (QED) is 0.690. The Labute approximate surface area is 166 Å². The van der Waals surface area contributed by atoms with Crippen LogP contribution < -0.4 is 5.32 Å². The highest BCUT2D eigenvalue weighted by Gasteiger charge is 2.53. The second-order valence-corrected chi connectivity index (χ2v) is 9.67. The Morgan fingerprint density at radius 1 is 1.21 bits per heavy atom. The van der Waals surface area contributed by atoms with Gasteiger partial charge in [-0.15, -0.1) is 0 Å². The van der Waals surface area contributed by atoms with Crippen LogP contribution in [0.25, 0.3) is 0 Å². The van der Waals surface area contributed by atoms with Crippen LogP contribution in [0.15, 0.2) is 42.7 Å². The number of hydrogen-bond acceptors (Lipinski definition) is 4. The van der Waals surface area contributed by atoms with Gasteiger partial charge in [0.2, 0.25) is 5.91 Å². The van der Waals surface area contributed by atoms with Crippen molar-refractivity contribution >= 4 is 16.1 Å². The molecule has 1 aromatic heterocycles. The van der Waals surface area contributed by atoms with Gasteiger partial charge in [0, 0.05) is 47.0 Å². The number of hydrogen-bond donors (Lipinski definition) is 1. The number of aryl methyl sites for hydroxylation is 1. The topological polar surface area (TPSA) is 87.5 Å². The molecule has 0 aliphatic carbocycles. The third-order valence-electron chi connectivity index (χ3n) is 5.07. The Morgan fingerprint density at radius 2 is 1.89 bits per heavy atom. The molecule has 1 amide bonds. The number of amides is 1. The summed E-state index contributed by atoms with van der Waals surface area (Å²) in [5.74, 6) is -0.106. The maximum absolute atomic E-state index is 13.0. The predicted octanol–water partition coefficient (Wildman–Crippen LogP) is 0.430. The number of aromatic nitrogens is 2. The van der Waals surface area contributed by atoms with Gasteiger partial charge in [-0.3, -0.25) is 9.48 Å². The number of carbonyl (C=O) groups is 1. The van der Waals surface area contributed by atoms with E-state index in [-0.39, 0.29) is 19.0 Å². The molecule has 152 valence electrons. The van der Waals surface area contributed by atoms with E-state index in [1.54, 1.807) is 10.9 Å². The predicted molar refractivity (Wildman–Crippen MR) is 107 cm³/mol. The van der Waals surface area contributed by atoms with E-state index in [1.165, 1.54) is 22.7 Å². The molecule has 0 atom stereocenters. The minimum absolute atomic E-state index is 0.106. The van der Waals surface area contributed by atoms with Crippen LogP contribution in [0.1, 0.15) is 11.1 Å². The molecule has 0 bridgehead atoms. The highest BCUT2D eigenvalue weighted by atomic mass is 32.2.